The number of hydrogen-bond donors (Lipinski definition) is 1. The molecule has 0 spiro atoms. The Kier molecular flexibility index (Phi) is 5.99. The largest absolute Gasteiger partial charge is 0.461 e. The van der Waals surface area contributed by atoms with Crippen LogP contribution in [0.15, 0.2) is 35.5 Å². The predicted octanol–water partition coefficient (Wildman–Crippen LogP) is 2.70. The summed E-state index contributed by atoms with van der Waals surface area (Å²) in [6.07, 6.45) is 4.48. The normalized spacial score (nSPS) is 28.0. The van der Waals surface area contributed by atoms with Crippen LogP contribution in [0.2, 0.25) is 0 Å². The fraction of sp³-hybridized carbons (Fsp3) is 0.579. The Labute approximate surface area is 143 Å². The molecule has 0 radical (unpaired) electrons. The quantitative estimate of drug-likeness (QED) is 0.488. The van der Waals surface area contributed by atoms with Gasteiger partial charge >= 0.3 is 11.9 Å². The maximum absolute atomic E-state index is 11.8. The van der Waals surface area contributed by atoms with Gasteiger partial charge in [0, 0.05) is 17.9 Å². The number of esters is 2. The van der Waals surface area contributed by atoms with E-state index in [4.69, 9.17) is 9.47 Å². The van der Waals surface area contributed by atoms with E-state index in [0.717, 1.165) is 5.57 Å². The SMILES string of the molecule is C=C1C(=O)OC2CC(C)=CCC=C(COC(=O)C(C)C)C(O)CC12. The zero-order valence-electron chi connectivity index (χ0n) is 14.6. The zero-order chi connectivity index (χ0) is 17.9. The molecular formula is C19H26O5. The molecule has 5 nitrogen and oxygen atoms in total. The van der Waals surface area contributed by atoms with Crippen molar-refractivity contribution >= 4 is 11.9 Å². The van der Waals surface area contributed by atoms with Crippen LogP contribution in [0.5, 0.6) is 0 Å². The summed E-state index contributed by atoms with van der Waals surface area (Å²) in [5.74, 6) is -1.12. The van der Waals surface area contributed by atoms with Gasteiger partial charge in [0.1, 0.15) is 12.7 Å². The molecule has 1 N–H and O–H groups in total. The molecule has 1 heterocycles. The minimum atomic E-state index is -0.796. The van der Waals surface area contributed by atoms with Gasteiger partial charge in [-0.2, -0.15) is 0 Å². The summed E-state index contributed by atoms with van der Waals surface area (Å²) in [6.45, 7) is 9.41. The van der Waals surface area contributed by atoms with Gasteiger partial charge in [-0.05, 0) is 25.3 Å². The van der Waals surface area contributed by atoms with Crippen molar-refractivity contribution in [2.45, 2.75) is 52.2 Å². The molecule has 5 heteroatoms. The minimum Gasteiger partial charge on any atom is -0.461 e. The standard InChI is InChI=1S/C19H26O5/c1-11(2)18(21)23-10-14-7-5-6-12(3)8-17-15(9-16(14)20)13(4)19(22)24-17/h6-7,11,15-17,20H,4-5,8-10H2,1-3H3. The van der Waals surface area contributed by atoms with Gasteiger partial charge in [0.15, 0.2) is 0 Å². The van der Waals surface area contributed by atoms with Crippen molar-refractivity contribution in [2.75, 3.05) is 6.61 Å². The number of allylic oxidation sites excluding steroid dienone is 2. The summed E-state index contributed by atoms with van der Waals surface area (Å²) >= 11 is 0. The van der Waals surface area contributed by atoms with E-state index in [-0.39, 0.29) is 36.5 Å². The summed E-state index contributed by atoms with van der Waals surface area (Å²) in [5, 5.41) is 10.6. The molecule has 3 atom stereocenters. The zero-order valence-corrected chi connectivity index (χ0v) is 14.6. The van der Waals surface area contributed by atoms with Crippen LogP contribution in [0.4, 0.5) is 0 Å². The number of ether oxygens (including phenoxy) is 2. The Morgan fingerprint density at radius 2 is 2.17 bits per heavy atom. The fourth-order valence-corrected chi connectivity index (χ4v) is 2.97. The van der Waals surface area contributed by atoms with Gasteiger partial charge in [-0.15, -0.1) is 0 Å². The third-order valence-corrected chi connectivity index (χ3v) is 4.54. The molecule has 1 fully saturated rings. The van der Waals surface area contributed by atoms with Crippen molar-refractivity contribution in [1.82, 2.24) is 0 Å². The van der Waals surface area contributed by atoms with Crippen LogP contribution in [0.1, 0.15) is 40.0 Å². The van der Waals surface area contributed by atoms with Crippen molar-refractivity contribution in [3.05, 3.63) is 35.5 Å². The summed E-state index contributed by atoms with van der Waals surface area (Å²) in [7, 11) is 0. The highest BCUT2D eigenvalue weighted by Crippen LogP contribution is 2.35. The van der Waals surface area contributed by atoms with Crippen molar-refractivity contribution < 1.29 is 24.2 Å². The van der Waals surface area contributed by atoms with Crippen molar-refractivity contribution in [3.63, 3.8) is 0 Å². The highest BCUT2D eigenvalue weighted by Gasteiger charge is 2.40. The maximum atomic E-state index is 11.8. The van der Waals surface area contributed by atoms with E-state index >= 15 is 0 Å². The maximum Gasteiger partial charge on any atom is 0.334 e. The van der Waals surface area contributed by atoms with E-state index in [1.165, 1.54) is 0 Å². The highest BCUT2D eigenvalue weighted by atomic mass is 16.6. The van der Waals surface area contributed by atoms with Crippen molar-refractivity contribution in [1.29, 1.82) is 0 Å². The number of aliphatic hydroxyl groups excluding tert-OH is 1. The lowest BCUT2D eigenvalue weighted by Gasteiger charge is -2.24. The first kappa shape index (κ1) is 18.5. The first-order chi connectivity index (χ1) is 11.3. The molecule has 0 aromatic rings. The second-order valence-electron chi connectivity index (χ2n) is 6.86. The number of aliphatic hydroxyl groups is 1. The molecule has 0 aromatic heterocycles. The first-order valence-electron chi connectivity index (χ1n) is 8.38. The summed E-state index contributed by atoms with van der Waals surface area (Å²) < 4.78 is 10.7. The van der Waals surface area contributed by atoms with Gasteiger partial charge in [-0.1, -0.05) is 38.2 Å². The number of fused-ring (bicyclic) bond motifs is 1. The number of carbonyl (C=O) groups is 2. The molecular weight excluding hydrogens is 308 g/mol. The van der Waals surface area contributed by atoms with E-state index in [0.29, 0.717) is 30.4 Å². The van der Waals surface area contributed by atoms with Crippen LogP contribution in [0.25, 0.3) is 0 Å². The predicted molar refractivity (Wildman–Crippen MR) is 90.0 cm³/mol. The second kappa shape index (κ2) is 7.79. The molecule has 0 saturated carbocycles. The van der Waals surface area contributed by atoms with Crippen LogP contribution in [0.3, 0.4) is 0 Å². The lowest BCUT2D eigenvalue weighted by Crippen LogP contribution is -2.26. The number of carbonyl (C=O) groups excluding carboxylic acids is 2. The fourth-order valence-electron chi connectivity index (χ4n) is 2.97. The Balaban J connectivity index is 2.17. The van der Waals surface area contributed by atoms with Gasteiger partial charge in [0.2, 0.25) is 0 Å². The van der Waals surface area contributed by atoms with Gasteiger partial charge in [0.25, 0.3) is 0 Å². The summed E-state index contributed by atoms with van der Waals surface area (Å²) in [6, 6.07) is 0. The van der Waals surface area contributed by atoms with Crippen molar-refractivity contribution in [3.8, 4) is 0 Å². The van der Waals surface area contributed by atoms with Gasteiger partial charge < -0.3 is 14.6 Å². The summed E-state index contributed by atoms with van der Waals surface area (Å²) in [4.78, 5) is 23.5. The van der Waals surface area contributed by atoms with Crippen LogP contribution >= 0.6 is 0 Å². The van der Waals surface area contributed by atoms with E-state index in [2.05, 4.69) is 6.58 Å². The topological polar surface area (TPSA) is 72.8 Å². The van der Waals surface area contributed by atoms with Crippen LogP contribution in [-0.2, 0) is 19.1 Å². The smallest absolute Gasteiger partial charge is 0.334 e. The average Bonchev–Trinajstić information content (AvgIpc) is 2.77. The Bertz CT molecular complexity index is 585. The Morgan fingerprint density at radius 1 is 1.46 bits per heavy atom. The lowest BCUT2D eigenvalue weighted by atomic mass is 9.85. The molecule has 2 aliphatic rings. The average molecular weight is 334 g/mol. The van der Waals surface area contributed by atoms with E-state index in [1.807, 2.05) is 19.1 Å². The van der Waals surface area contributed by atoms with Crippen molar-refractivity contribution in [2.24, 2.45) is 11.8 Å². The molecule has 0 bridgehead atoms. The first-order valence-corrected chi connectivity index (χ1v) is 8.38. The second-order valence-corrected chi connectivity index (χ2v) is 6.86. The van der Waals surface area contributed by atoms with E-state index < -0.39 is 6.10 Å². The molecule has 24 heavy (non-hydrogen) atoms. The Morgan fingerprint density at radius 3 is 2.83 bits per heavy atom. The van der Waals surface area contributed by atoms with Gasteiger partial charge in [-0.25, -0.2) is 4.79 Å². The molecule has 0 aromatic carbocycles. The highest BCUT2D eigenvalue weighted by molar-refractivity contribution is 5.90. The molecule has 1 saturated heterocycles. The molecule has 132 valence electrons. The molecule has 0 amide bonds. The van der Waals surface area contributed by atoms with Crippen LogP contribution in [-0.4, -0.2) is 35.9 Å². The van der Waals surface area contributed by atoms with E-state index in [9.17, 15) is 14.7 Å². The summed E-state index contributed by atoms with van der Waals surface area (Å²) in [5.41, 5.74) is 2.19. The third kappa shape index (κ3) is 4.35. The van der Waals surface area contributed by atoms with Crippen LogP contribution < -0.4 is 0 Å². The lowest BCUT2D eigenvalue weighted by molar-refractivity contribution is -0.146. The molecule has 3 unspecified atom stereocenters. The molecule has 1 aliphatic carbocycles. The van der Waals surface area contributed by atoms with Gasteiger partial charge in [0.05, 0.1) is 12.0 Å². The van der Waals surface area contributed by atoms with Gasteiger partial charge in [-0.3, -0.25) is 4.79 Å². The van der Waals surface area contributed by atoms with E-state index in [1.54, 1.807) is 13.8 Å². The number of rotatable bonds is 3. The van der Waals surface area contributed by atoms with Crippen LogP contribution in [0, 0.1) is 11.8 Å². The monoisotopic (exact) mass is 334 g/mol. The third-order valence-electron chi connectivity index (χ3n) is 4.54. The Hall–Kier alpha value is -1.88. The molecule has 2 rings (SSSR count). The molecule has 1 aliphatic heterocycles. The number of hydrogen-bond acceptors (Lipinski definition) is 5. The minimum absolute atomic E-state index is 0.0593.